The number of nitrogens with one attached hydrogen (secondary N) is 1. The first-order chi connectivity index (χ1) is 14.4. The molecule has 1 aliphatic rings. The predicted molar refractivity (Wildman–Crippen MR) is 113 cm³/mol. The molecule has 3 heterocycles. The molecule has 148 valence electrons. The Morgan fingerprint density at radius 1 is 1.07 bits per heavy atom. The van der Waals surface area contributed by atoms with Gasteiger partial charge < -0.3 is 10.1 Å². The van der Waals surface area contributed by atoms with Crippen molar-refractivity contribution in [3.8, 4) is 16.3 Å². The van der Waals surface area contributed by atoms with E-state index in [-0.39, 0.29) is 0 Å². The Kier molecular flexibility index (Phi) is 5.19. The first-order valence-corrected chi connectivity index (χ1v) is 10.7. The molecular weight excluding hydrogens is 384 g/mol. The maximum Gasteiger partial charge on any atom is 0.154 e. The maximum atomic E-state index is 5.93. The number of thiazole rings is 1. The van der Waals surface area contributed by atoms with Crippen LogP contribution in [-0.4, -0.2) is 44.9 Å². The van der Waals surface area contributed by atoms with Crippen LogP contribution in [0.25, 0.3) is 20.8 Å². The summed E-state index contributed by atoms with van der Waals surface area (Å²) in [7, 11) is 0. The molecular formula is C21H22N6OS. The predicted octanol–water partition coefficient (Wildman–Crippen LogP) is 3.50. The molecule has 2 aromatic carbocycles. The molecule has 0 bridgehead atoms. The van der Waals surface area contributed by atoms with E-state index in [9.17, 15) is 0 Å². The molecule has 1 saturated heterocycles. The Morgan fingerprint density at radius 2 is 1.90 bits per heavy atom. The monoisotopic (exact) mass is 406 g/mol. The van der Waals surface area contributed by atoms with Gasteiger partial charge in [-0.3, -0.25) is 0 Å². The third kappa shape index (κ3) is 3.99. The van der Waals surface area contributed by atoms with Crippen LogP contribution in [0.3, 0.4) is 0 Å². The number of hydrogen-bond acceptors (Lipinski definition) is 7. The van der Waals surface area contributed by atoms with Gasteiger partial charge in [0.25, 0.3) is 0 Å². The highest BCUT2D eigenvalue weighted by Gasteiger charge is 2.21. The lowest BCUT2D eigenvalue weighted by atomic mass is 9.97. The van der Waals surface area contributed by atoms with Gasteiger partial charge in [-0.05, 0) is 72.8 Å². The Labute approximate surface area is 172 Å². The lowest BCUT2D eigenvalue weighted by Crippen LogP contribution is -2.28. The lowest BCUT2D eigenvalue weighted by Gasteiger charge is -2.21. The molecule has 2 aromatic heterocycles. The van der Waals surface area contributed by atoms with Crippen LogP contribution in [0, 0.1) is 0 Å². The fourth-order valence-electron chi connectivity index (χ4n) is 3.68. The zero-order valence-electron chi connectivity index (χ0n) is 16.0. The quantitative estimate of drug-likeness (QED) is 0.528. The summed E-state index contributed by atoms with van der Waals surface area (Å²) in [6.45, 7) is 3.22. The van der Waals surface area contributed by atoms with Gasteiger partial charge in [0.15, 0.2) is 5.82 Å². The molecule has 5 rings (SSSR count). The van der Waals surface area contributed by atoms with E-state index >= 15 is 0 Å². The largest absolute Gasteiger partial charge is 0.492 e. The third-order valence-corrected chi connectivity index (χ3v) is 6.32. The number of para-hydroxylation sites is 1. The van der Waals surface area contributed by atoms with Gasteiger partial charge in [-0.2, -0.15) is 0 Å². The molecule has 1 N–H and O–H groups in total. The van der Waals surface area contributed by atoms with Crippen LogP contribution in [0.2, 0.25) is 0 Å². The summed E-state index contributed by atoms with van der Waals surface area (Å²) in [5.74, 6) is 2.24. The molecule has 1 aliphatic heterocycles. The first-order valence-electron chi connectivity index (χ1n) is 9.92. The van der Waals surface area contributed by atoms with Crippen molar-refractivity contribution in [2.75, 3.05) is 19.7 Å². The van der Waals surface area contributed by atoms with Crippen molar-refractivity contribution in [2.24, 2.45) is 0 Å². The van der Waals surface area contributed by atoms with Crippen molar-refractivity contribution in [2.45, 2.75) is 25.3 Å². The maximum absolute atomic E-state index is 5.93. The van der Waals surface area contributed by atoms with E-state index < -0.39 is 0 Å². The Bertz CT molecular complexity index is 1050. The van der Waals surface area contributed by atoms with Crippen LogP contribution in [0.5, 0.6) is 5.75 Å². The van der Waals surface area contributed by atoms with Gasteiger partial charge in [0.1, 0.15) is 17.4 Å². The highest BCUT2D eigenvalue weighted by atomic mass is 32.1. The van der Waals surface area contributed by atoms with Crippen molar-refractivity contribution in [1.29, 1.82) is 0 Å². The highest BCUT2D eigenvalue weighted by Crippen LogP contribution is 2.31. The van der Waals surface area contributed by atoms with E-state index in [4.69, 9.17) is 9.72 Å². The molecule has 8 heteroatoms. The summed E-state index contributed by atoms with van der Waals surface area (Å²) in [5.41, 5.74) is 2.14. The minimum atomic E-state index is 0.430. The van der Waals surface area contributed by atoms with Crippen molar-refractivity contribution in [1.82, 2.24) is 30.5 Å². The summed E-state index contributed by atoms with van der Waals surface area (Å²) in [6.07, 6.45) is 2.16. The number of aromatic nitrogens is 5. The van der Waals surface area contributed by atoms with Gasteiger partial charge in [0.05, 0.1) is 16.8 Å². The van der Waals surface area contributed by atoms with Gasteiger partial charge >= 0.3 is 0 Å². The van der Waals surface area contributed by atoms with Crippen molar-refractivity contribution >= 4 is 21.6 Å². The smallest absolute Gasteiger partial charge is 0.154 e. The normalized spacial score (nSPS) is 15.0. The number of ether oxygens (including phenoxy) is 1. The first kappa shape index (κ1) is 18.2. The summed E-state index contributed by atoms with van der Waals surface area (Å²) in [4.78, 5) is 4.71. The molecule has 0 atom stereocenters. The number of tetrazole rings is 1. The molecule has 0 saturated carbocycles. The molecule has 1 fully saturated rings. The van der Waals surface area contributed by atoms with Gasteiger partial charge in [-0.15, -0.1) is 16.4 Å². The molecule has 0 amide bonds. The molecule has 7 nitrogen and oxygen atoms in total. The molecule has 29 heavy (non-hydrogen) atoms. The minimum absolute atomic E-state index is 0.430. The SMILES string of the molecule is c1ccc2sc(-c3ccc(OCCn4nnnc4C4CCNCC4)cc3)nc2c1. The van der Waals surface area contributed by atoms with Gasteiger partial charge in [0, 0.05) is 11.5 Å². The average Bonchev–Trinajstić information content (AvgIpc) is 3.42. The number of rotatable bonds is 6. The van der Waals surface area contributed by atoms with Crippen LogP contribution in [0.1, 0.15) is 24.6 Å². The second-order valence-electron chi connectivity index (χ2n) is 7.14. The Morgan fingerprint density at radius 3 is 2.72 bits per heavy atom. The number of benzene rings is 2. The molecule has 4 aromatic rings. The van der Waals surface area contributed by atoms with Crippen molar-refractivity contribution in [3.05, 3.63) is 54.4 Å². The van der Waals surface area contributed by atoms with E-state index in [2.05, 4.69) is 39.0 Å². The Hall–Kier alpha value is -2.84. The van der Waals surface area contributed by atoms with Crippen molar-refractivity contribution < 1.29 is 4.74 Å². The highest BCUT2D eigenvalue weighted by molar-refractivity contribution is 7.21. The summed E-state index contributed by atoms with van der Waals surface area (Å²) < 4.78 is 9.01. The zero-order valence-corrected chi connectivity index (χ0v) is 16.8. The van der Waals surface area contributed by atoms with Crippen LogP contribution in [-0.2, 0) is 6.54 Å². The van der Waals surface area contributed by atoms with Gasteiger partial charge in [0.2, 0.25) is 0 Å². The second-order valence-corrected chi connectivity index (χ2v) is 8.17. The van der Waals surface area contributed by atoms with Crippen molar-refractivity contribution in [3.63, 3.8) is 0 Å². The van der Waals surface area contributed by atoms with E-state index in [0.717, 1.165) is 53.6 Å². The van der Waals surface area contributed by atoms with Crippen LogP contribution in [0.15, 0.2) is 48.5 Å². The molecule has 0 unspecified atom stereocenters. The standard InChI is InChI=1S/C21H22N6OS/c1-2-4-19-18(3-1)23-21(29-19)16-5-7-17(8-6-16)28-14-13-27-20(24-25-26-27)15-9-11-22-12-10-15/h1-8,15,22H,9-14H2. The summed E-state index contributed by atoms with van der Waals surface area (Å²) >= 11 is 1.71. The van der Waals surface area contributed by atoms with E-state index in [0.29, 0.717) is 19.1 Å². The topological polar surface area (TPSA) is 77.8 Å². The van der Waals surface area contributed by atoms with Crippen LogP contribution < -0.4 is 10.1 Å². The second kappa shape index (κ2) is 8.26. The van der Waals surface area contributed by atoms with E-state index in [1.54, 1.807) is 11.3 Å². The fourth-order valence-corrected chi connectivity index (χ4v) is 4.65. The number of fused-ring (bicyclic) bond motifs is 1. The molecule has 0 aliphatic carbocycles. The third-order valence-electron chi connectivity index (χ3n) is 5.23. The van der Waals surface area contributed by atoms with E-state index in [1.165, 1.54) is 4.70 Å². The molecule has 0 radical (unpaired) electrons. The number of piperidine rings is 1. The summed E-state index contributed by atoms with van der Waals surface area (Å²) in [6, 6.07) is 16.3. The fraction of sp³-hybridized carbons (Fsp3) is 0.333. The summed E-state index contributed by atoms with van der Waals surface area (Å²) in [5, 5.41) is 16.7. The number of hydrogen-bond donors (Lipinski definition) is 1. The zero-order chi connectivity index (χ0) is 19.5. The van der Waals surface area contributed by atoms with E-state index in [1.807, 2.05) is 35.0 Å². The van der Waals surface area contributed by atoms with Gasteiger partial charge in [-0.1, -0.05) is 12.1 Å². The average molecular weight is 407 g/mol. The number of nitrogens with zero attached hydrogens (tertiary/aromatic N) is 5. The lowest BCUT2D eigenvalue weighted by molar-refractivity contribution is 0.283. The Balaban J connectivity index is 1.20. The minimum Gasteiger partial charge on any atom is -0.492 e. The van der Waals surface area contributed by atoms with Crippen LogP contribution in [0.4, 0.5) is 0 Å². The molecule has 0 spiro atoms. The van der Waals surface area contributed by atoms with Gasteiger partial charge in [-0.25, -0.2) is 9.67 Å². The van der Waals surface area contributed by atoms with Crippen LogP contribution >= 0.6 is 11.3 Å².